The molecule has 1 saturated heterocycles. The molecule has 0 bridgehead atoms. The summed E-state index contributed by atoms with van der Waals surface area (Å²) in [7, 11) is -5.08. The fraction of sp³-hybridized carbons (Fsp3) is 0.714. The third kappa shape index (κ3) is 4.70. The number of carbonyl (C=O) groups excluding carboxylic acids is 1. The van der Waals surface area contributed by atoms with Gasteiger partial charge >= 0.3 is 0 Å². The second kappa shape index (κ2) is 8.84. The van der Waals surface area contributed by atoms with Crippen molar-refractivity contribution in [3.63, 3.8) is 0 Å². The second-order valence-corrected chi connectivity index (χ2v) is 14.7. The minimum Gasteiger partial charge on any atom is -0.409 e. The molecule has 1 fully saturated rings. The zero-order valence-electron chi connectivity index (χ0n) is 21.1. The van der Waals surface area contributed by atoms with Crippen LogP contribution in [-0.2, 0) is 29.5 Å². The molecule has 11 nitrogen and oxygen atoms in total. The van der Waals surface area contributed by atoms with E-state index in [4.69, 9.17) is 9.16 Å². The lowest BCUT2D eigenvalue weighted by Crippen LogP contribution is -2.52. The van der Waals surface area contributed by atoms with Crippen LogP contribution in [-0.4, -0.2) is 60.7 Å². The molecular weight excluding hydrogens is 478 g/mol. The van der Waals surface area contributed by atoms with Gasteiger partial charge in [-0.15, -0.1) is 0 Å². The number of hydrogen-bond acceptors (Lipinski definition) is 8. The second-order valence-electron chi connectivity index (χ2n) is 10.5. The number of imidazole rings is 1. The molecule has 13 heteroatoms. The molecule has 1 radical (unpaired) electrons. The summed E-state index contributed by atoms with van der Waals surface area (Å²) in [4.78, 5) is 37.6. The standard InChI is InChI=1S/C21H34N5O6SSi/c1-11(2)16(27)25-19-24-15-13(22-10-23-15)17(28)26(19)21(6)14(32-34(8)9)12(20(3,4)5)18(31-21)33(7,29)30/h10-12,14,18H,1-9H3,(H,22,23)(H,24,25,27)/t12-,14?,18+,21+/m0/s1. The third-order valence-corrected chi connectivity index (χ3v) is 7.91. The van der Waals surface area contributed by atoms with Crippen LogP contribution < -0.4 is 10.9 Å². The number of rotatable bonds is 6. The van der Waals surface area contributed by atoms with E-state index < -0.39 is 59.0 Å². The zero-order valence-corrected chi connectivity index (χ0v) is 22.9. The van der Waals surface area contributed by atoms with E-state index in [2.05, 4.69) is 20.3 Å². The molecule has 34 heavy (non-hydrogen) atoms. The number of nitrogens with one attached hydrogen (secondary N) is 2. The molecule has 1 amide bonds. The summed E-state index contributed by atoms with van der Waals surface area (Å²) >= 11 is 0. The summed E-state index contributed by atoms with van der Waals surface area (Å²) in [5.41, 5.74) is -3.69. The Balaban J connectivity index is 2.36. The molecule has 0 aromatic carbocycles. The van der Waals surface area contributed by atoms with Crippen LogP contribution in [0.1, 0.15) is 41.5 Å². The fourth-order valence-electron chi connectivity index (χ4n) is 4.32. The van der Waals surface area contributed by atoms with Gasteiger partial charge in [0.1, 0.15) is 0 Å². The Morgan fingerprint density at radius 2 is 1.97 bits per heavy atom. The lowest BCUT2D eigenvalue weighted by Gasteiger charge is -2.39. The quantitative estimate of drug-likeness (QED) is 0.560. The van der Waals surface area contributed by atoms with Gasteiger partial charge in [-0.2, -0.15) is 4.98 Å². The molecule has 2 aromatic rings. The van der Waals surface area contributed by atoms with E-state index in [0.29, 0.717) is 0 Å². The van der Waals surface area contributed by atoms with Gasteiger partial charge in [0, 0.05) is 18.1 Å². The molecule has 0 aliphatic carbocycles. The highest BCUT2D eigenvalue weighted by Crippen LogP contribution is 2.50. The number of amides is 1. The summed E-state index contributed by atoms with van der Waals surface area (Å²) in [6.07, 6.45) is 1.63. The summed E-state index contributed by atoms with van der Waals surface area (Å²) in [6, 6.07) is 0. The van der Waals surface area contributed by atoms with Gasteiger partial charge in [-0.3, -0.25) is 14.9 Å². The monoisotopic (exact) mass is 512 g/mol. The Morgan fingerprint density at radius 3 is 2.47 bits per heavy atom. The van der Waals surface area contributed by atoms with Crippen molar-refractivity contribution in [1.29, 1.82) is 0 Å². The van der Waals surface area contributed by atoms with Crippen molar-refractivity contribution in [2.45, 2.75) is 71.9 Å². The first kappa shape index (κ1) is 26.5. The van der Waals surface area contributed by atoms with Crippen molar-refractivity contribution in [2.24, 2.45) is 17.3 Å². The first-order chi connectivity index (χ1) is 15.5. The number of aromatic nitrogens is 4. The van der Waals surface area contributed by atoms with E-state index in [9.17, 15) is 18.0 Å². The Labute approximate surface area is 201 Å². The van der Waals surface area contributed by atoms with Crippen LogP contribution in [0, 0.1) is 17.3 Å². The van der Waals surface area contributed by atoms with Crippen LogP contribution in [0.25, 0.3) is 11.2 Å². The van der Waals surface area contributed by atoms with Crippen LogP contribution in [0.15, 0.2) is 11.1 Å². The normalized spacial score (nSPS) is 26.0. The van der Waals surface area contributed by atoms with Crippen LogP contribution in [0.5, 0.6) is 0 Å². The predicted octanol–water partition coefficient (Wildman–Crippen LogP) is 2.09. The number of H-pyrrole nitrogens is 1. The highest BCUT2D eigenvalue weighted by molar-refractivity contribution is 7.91. The van der Waals surface area contributed by atoms with Crippen LogP contribution in [0.2, 0.25) is 13.1 Å². The van der Waals surface area contributed by atoms with Gasteiger partial charge in [-0.1, -0.05) is 34.6 Å². The van der Waals surface area contributed by atoms with Crippen molar-refractivity contribution in [3.05, 3.63) is 16.7 Å². The average molecular weight is 513 g/mol. The van der Waals surface area contributed by atoms with Crippen LogP contribution in [0.4, 0.5) is 5.95 Å². The molecule has 3 heterocycles. The zero-order chi connectivity index (χ0) is 25.8. The molecule has 0 saturated carbocycles. The van der Waals surface area contributed by atoms with E-state index in [1.807, 2.05) is 33.9 Å². The molecular formula is C21H34N5O6SSi. The highest BCUT2D eigenvalue weighted by atomic mass is 32.2. The van der Waals surface area contributed by atoms with E-state index in [1.54, 1.807) is 20.8 Å². The maximum absolute atomic E-state index is 13.7. The first-order valence-electron chi connectivity index (χ1n) is 11.1. The molecule has 0 spiro atoms. The number of ether oxygens (including phenoxy) is 1. The van der Waals surface area contributed by atoms with Crippen molar-refractivity contribution in [3.8, 4) is 0 Å². The number of carbonyl (C=O) groups is 1. The summed E-state index contributed by atoms with van der Waals surface area (Å²) < 4.78 is 39.6. The molecule has 2 aromatic heterocycles. The SMILES string of the molecule is CC(C)C(=O)Nc1nc2nc[nH]c2c(=O)n1[C@]1(C)O[C@H](S(C)(=O)=O)[C@@H](C(C)(C)C)C1O[Si](C)C. The number of anilines is 1. The number of nitrogens with zero attached hydrogens (tertiary/aromatic N) is 3. The number of sulfone groups is 1. The molecule has 4 atom stereocenters. The maximum Gasteiger partial charge on any atom is 0.283 e. The number of fused-ring (bicyclic) bond motifs is 1. The Hall–Kier alpha value is -2.09. The van der Waals surface area contributed by atoms with Gasteiger partial charge in [-0.05, 0) is 25.4 Å². The summed E-state index contributed by atoms with van der Waals surface area (Å²) in [5, 5.41) is 2.70. The third-order valence-electron chi connectivity index (χ3n) is 5.95. The van der Waals surface area contributed by atoms with Gasteiger partial charge in [0.05, 0.1) is 12.4 Å². The molecule has 1 aliphatic rings. The summed E-state index contributed by atoms with van der Waals surface area (Å²) in [6.45, 7) is 14.6. The lowest BCUT2D eigenvalue weighted by atomic mass is 9.76. The lowest BCUT2D eigenvalue weighted by molar-refractivity contribution is -0.119. The van der Waals surface area contributed by atoms with Gasteiger partial charge in [0.15, 0.2) is 32.2 Å². The highest BCUT2D eigenvalue weighted by Gasteiger charge is 2.61. The minimum absolute atomic E-state index is 0.0813. The maximum atomic E-state index is 13.7. The van der Waals surface area contributed by atoms with E-state index in [1.165, 1.54) is 10.9 Å². The molecule has 1 unspecified atom stereocenters. The van der Waals surface area contributed by atoms with Crippen LogP contribution >= 0.6 is 0 Å². The Kier molecular flexibility index (Phi) is 6.90. The van der Waals surface area contributed by atoms with E-state index >= 15 is 0 Å². The van der Waals surface area contributed by atoms with Crippen LogP contribution in [0.3, 0.4) is 0 Å². The Bertz CT molecular complexity index is 1250. The van der Waals surface area contributed by atoms with Crippen molar-refractivity contribution < 1.29 is 22.4 Å². The fourth-order valence-corrected chi connectivity index (χ4v) is 6.65. The predicted molar refractivity (Wildman–Crippen MR) is 130 cm³/mol. The molecule has 1 aliphatic heterocycles. The van der Waals surface area contributed by atoms with Crippen molar-refractivity contribution in [2.75, 3.05) is 11.6 Å². The molecule has 189 valence electrons. The van der Waals surface area contributed by atoms with Crippen molar-refractivity contribution in [1.82, 2.24) is 19.5 Å². The average Bonchev–Trinajstić information content (AvgIpc) is 3.24. The van der Waals surface area contributed by atoms with Gasteiger partial charge in [-0.25, -0.2) is 18.0 Å². The first-order valence-corrected chi connectivity index (χ1v) is 15.5. The minimum atomic E-state index is -3.71. The topological polar surface area (TPSA) is 145 Å². The smallest absolute Gasteiger partial charge is 0.283 e. The summed E-state index contributed by atoms with van der Waals surface area (Å²) in [5.74, 6) is -1.44. The Morgan fingerprint density at radius 1 is 1.35 bits per heavy atom. The van der Waals surface area contributed by atoms with E-state index in [0.717, 1.165) is 6.26 Å². The molecule has 3 rings (SSSR count). The van der Waals surface area contributed by atoms with Gasteiger partial charge < -0.3 is 14.1 Å². The number of aromatic amines is 1. The largest absolute Gasteiger partial charge is 0.409 e. The van der Waals surface area contributed by atoms with Crippen molar-refractivity contribution >= 4 is 41.9 Å². The van der Waals surface area contributed by atoms with E-state index in [-0.39, 0.29) is 23.0 Å². The molecule has 2 N–H and O–H groups in total. The number of hydrogen-bond donors (Lipinski definition) is 2. The van der Waals surface area contributed by atoms with Gasteiger partial charge in [0.25, 0.3) is 5.56 Å². The van der Waals surface area contributed by atoms with Gasteiger partial charge in [0.2, 0.25) is 20.9 Å².